The van der Waals surface area contributed by atoms with E-state index in [1.165, 1.54) is 0 Å². The van der Waals surface area contributed by atoms with Gasteiger partial charge in [-0.3, -0.25) is 4.79 Å². The van der Waals surface area contributed by atoms with Gasteiger partial charge in [0.2, 0.25) is 5.91 Å². The average molecular weight is 311 g/mol. The molecule has 2 heterocycles. The van der Waals surface area contributed by atoms with Crippen molar-refractivity contribution in [2.45, 2.75) is 57.6 Å². The van der Waals surface area contributed by atoms with E-state index in [-0.39, 0.29) is 23.6 Å². The highest BCUT2D eigenvalue weighted by molar-refractivity contribution is 5.75. The molecule has 3 amide bonds. The first-order valence-electron chi connectivity index (χ1n) is 8.30. The third kappa shape index (κ3) is 4.35. The fourth-order valence-electron chi connectivity index (χ4n) is 3.26. The number of ether oxygens (including phenoxy) is 1. The van der Waals surface area contributed by atoms with Crippen molar-refractivity contribution in [1.82, 2.24) is 15.1 Å². The molecule has 2 aliphatic heterocycles. The van der Waals surface area contributed by atoms with E-state index in [9.17, 15) is 9.59 Å². The Bertz CT molecular complexity index is 407. The second-order valence-corrected chi connectivity index (χ2v) is 6.72. The molecule has 1 atom stereocenters. The lowest BCUT2D eigenvalue weighted by Gasteiger charge is -2.33. The standard InChI is InChI=1S/C16H29N3O3/c1-13(20)18-10-5-14(6-11-18)17-15(21)19-9-4-7-16(2,22-3)8-12-19/h14H,4-12H2,1-3H3,(H,17,21). The van der Waals surface area contributed by atoms with E-state index in [2.05, 4.69) is 12.2 Å². The quantitative estimate of drug-likeness (QED) is 0.842. The molecule has 0 aliphatic carbocycles. The molecule has 126 valence electrons. The maximum atomic E-state index is 12.4. The van der Waals surface area contributed by atoms with Gasteiger partial charge < -0.3 is 19.9 Å². The molecule has 0 radical (unpaired) electrons. The third-order valence-electron chi connectivity index (χ3n) is 5.09. The van der Waals surface area contributed by atoms with E-state index >= 15 is 0 Å². The third-order valence-corrected chi connectivity index (χ3v) is 5.09. The van der Waals surface area contributed by atoms with E-state index in [0.717, 1.165) is 58.3 Å². The molecule has 2 aliphatic rings. The fraction of sp³-hybridized carbons (Fsp3) is 0.875. The summed E-state index contributed by atoms with van der Waals surface area (Å²) in [4.78, 5) is 27.5. The zero-order valence-electron chi connectivity index (χ0n) is 14.1. The summed E-state index contributed by atoms with van der Waals surface area (Å²) >= 11 is 0. The van der Waals surface area contributed by atoms with Crippen molar-refractivity contribution in [3.8, 4) is 0 Å². The Balaban J connectivity index is 1.79. The van der Waals surface area contributed by atoms with Crippen molar-refractivity contribution >= 4 is 11.9 Å². The largest absolute Gasteiger partial charge is 0.378 e. The Morgan fingerprint density at radius 1 is 1.09 bits per heavy atom. The highest BCUT2D eigenvalue weighted by atomic mass is 16.5. The summed E-state index contributed by atoms with van der Waals surface area (Å²) in [5, 5.41) is 3.13. The van der Waals surface area contributed by atoms with Crippen molar-refractivity contribution in [3.63, 3.8) is 0 Å². The van der Waals surface area contributed by atoms with Gasteiger partial charge in [0.25, 0.3) is 0 Å². The number of urea groups is 1. The van der Waals surface area contributed by atoms with Gasteiger partial charge in [0.05, 0.1) is 5.60 Å². The molecular formula is C16H29N3O3. The van der Waals surface area contributed by atoms with Gasteiger partial charge in [-0.25, -0.2) is 4.79 Å². The smallest absolute Gasteiger partial charge is 0.317 e. The SMILES string of the molecule is COC1(C)CCCN(C(=O)NC2CCN(C(C)=O)CC2)CC1. The van der Waals surface area contributed by atoms with E-state index < -0.39 is 0 Å². The van der Waals surface area contributed by atoms with Gasteiger partial charge in [-0.05, 0) is 39.0 Å². The lowest BCUT2D eigenvalue weighted by atomic mass is 9.97. The van der Waals surface area contributed by atoms with Crippen LogP contribution in [0.3, 0.4) is 0 Å². The number of methoxy groups -OCH3 is 1. The summed E-state index contributed by atoms with van der Waals surface area (Å²) in [5.74, 6) is 0.121. The predicted octanol–water partition coefficient (Wildman–Crippen LogP) is 1.60. The van der Waals surface area contributed by atoms with Crippen molar-refractivity contribution in [3.05, 3.63) is 0 Å². The molecule has 22 heavy (non-hydrogen) atoms. The number of likely N-dealkylation sites (tertiary alicyclic amines) is 2. The van der Waals surface area contributed by atoms with Crippen LogP contribution in [-0.2, 0) is 9.53 Å². The van der Waals surface area contributed by atoms with Crippen LogP contribution in [-0.4, -0.2) is 66.7 Å². The zero-order valence-corrected chi connectivity index (χ0v) is 14.1. The number of piperidine rings is 1. The van der Waals surface area contributed by atoms with Gasteiger partial charge in [0, 0.05) is 46.3 Å². The lowest BCUT2D eigenvalue weighted by Crippen LogP contribution is -2.50. The van der Waals surface area contributed by atoms with Gasteiger partial charge in [0.1, 0.15) is 0 Å². The van der Waals surface area contributed by atoms with Gasteiger partial charge >= 0.3 is 6.03 Å². The molecule has 6 nitrogen and oxygen atoms in total. The Morgan fingerprint density at radius 2 is 1.77 bits per heavy atom. The van der Waals surface area contributed by atoms with Crippen molar-refractivity contribution in [2.24, 2.45) is 0 Å². The average Bonchev–Trinajstić information content (AvgIpc) is 2.70. The predicted molar refractivity (Wildman–Crippen MR) is 84.6 cm³/mol. The Hall–Kier alpha value is -1.30. The summed E-state index contributed by atoms with van der Waals surface area (Å²) in [7, 11) is 1.75. The van der Waals surface area contributed by atoms with E-state index in [1.54, 1.807) is 14.0 Å². The summed E-state index contributed by atoms with van der Waals surface area (Å²) in [6.07, 6.45) is 4.52. The van der Waals surface area contributed by atoms with E-state index in [1.807, 2.05) is 9.80 Å². The second-order valence-electron chi connectivity index (χ2n) is 6.72. The number of hydrogen-bond acceptors (Lipinski definition) is 3. The lowest BCUT2D eigenvalue weighted by molar-refractivity contribution is -0.129. The Morgan fingerprint density at radius 3 is 2.36 bits per heavy atom. The molecule has 0 aromatic rings. The molecule has 2 fully saturated rings. The number of carbonyl (C=O) groups excluding carboxylic acids is 2. The topological polar surface area (TPSA) is 61.9 Å². The normalized spacial score (nSPS) is 27.4. The zero-order chi connectivity index (χ0) is 16.2. The molecule has 0 spiro atoms. The molecule has 2 rings (SSSR count). The monoisotopic (exact) mass is 311 g/mol. The van der Waals surface area contributed by atoms with Crippen LogP contribution in [0, 0.1) is 0 Å². The maximum absolute atomic E-state index is 12.4. The molecular weight excluding hydrogens is 282 g/mol. The Labute approximate surface area is 133 Å². The number of carbonyl (C=O) groups is 2. The van der Waals surface area contributed by atoms with Crippen LogP contribution in [0.15, 0.2) is 0 Å². The first-order valence-corrected chi connectivity index (χ1v) is 8.30. The first-order chi connectivity index (χ1) is 10.4. The second kappa shape index (κ2) is 7.31. The summed E-state index contributed by atoms with van der Waals surface area (Å²) in [6, 6.07) is 0.210. The van der Waals surface area contributed by atoms with Crippen molar-refractivity contribution in [1.29, 1.82) is 0 Å². The van der Waals surface area contributed by atoms with Gasteiger partial charge in [-0.2, -0.15) is 0 Å². The minimum absolute atomic E-state index is 0.0293. The maximum Gasteiger partial charge on any atom is 0.317 e. The van der Waals surface area contributed by atoms with Crippen LogP contribution in [0.1, 0.15) is 46.0 Å². The van der Waals surface area contributed by atoms with Crippen LogP contribution in [0.2, 0.25) is 0 Å². The molecule has 0 aromatic carbocycles. The Kier molecular flexibility index (Phi) is 5.67. The van der Waals surface area contributed by atoms with Crippen LogP contribution in [0.5, 0.6) is 0 Å². The number of hydrogen-bond donors (Lipinski definition) is 1. The molecule has 6 heteroatoms. The fourth-order valence-corrected chi connectivity index (χ4v) is 3.26. The van der Waals surface area contributed by atoms with Crippen LogP contribution < -0.4 is 5.32 Å². The number of nitrogens with zero attached hydrogens (tertiary/aromatic N) is 2. The minimum Gasteiger partial charge on any atom is -0.378 e. The molecule has 1 unspecified atom stereocenters. The van der Waals surface area contributed by atoms with Crippen molar-refractivity contribution < 1.29 is 14.3 Å². The van der Waals surface area contributed by atoms with Gasteiger partial charge in [0.15, 0.2) is 0 Å². The van der Waals surface area contributed by atoms with E-state index in [4.69, 9.17) is 4.74 Å². The molecule has 0 aromatic heterocycles. The highest BCUT2D eigenvalue weighted by Crippen LogP contribution is 2.25. The summed E-state index contributed by atoms with van der Waals surface area (Å²) < 4.78 is 5.58. The van der Waals surface area contributed by atoms with Crippen molar-refractivity contribution in [2.75, 3.05) is 33.3 Å². The number of nitrogens with one attached hydrogen (secondary N) is 1. The molecule has 0 bridgehead atoms. The minimum atomic E-state index is -0.109. The van der Waals surface area contributed by atoms with Gasteiger partial charge in [-0.1, -0.05) is 0 Å². The highest BCUT2D eigenvalue weighted by Gasteiger charge is 2.30. The summed E-state index contributed by atoms with van der Waals surface area (Å²) in [6.45, 7) is 6.72. The van der Waals surface area contributed by atoms with E-state index in [0.29, 0.717) is 0 Å². The van der Waals surface area contributed by atoms with Crippen LogP contribution >= 0.6 is 0 Å². The first kappa shape index (κ1) is 17.1. The summed E-state index contributed by atoms with van der Waals surface area (Å²) in [5.41, 5.74) is -0.109. The van der Waals surface area contributed by atoms with Crippen LogP contribution in [0.25, 0.3) is 0 Å². The number of rotatable bonds is 2. The molecule has 2 saturated heterocycles. The van der Waals surface area contributed by atoms with Gasteiger partial charge in [-0.15, -0.1) is 0 Å². The molecule has 1 N–H and O–H groups in total. The molecule has 0 saturated carbocycles. The van der Waals surface area contributed by atoms with Crippen LogP contribution in [0.4, 0.5) is 4.79 Å². The number of amides is 3.